The second-order valence-corrected chi connectivity index (χ2v) is 4.77. The molecule has 0 radical (unpaired) electrons. The van der Waals surface area contributed by atoms with Crippen molar-refractivity contribution in [3.8, 4) is 0 Å². The summed E-state index contributed by atoms with van der Waals surface area (Å²) >= 11 is 3.20. The van der Waals surface area contributed by atoms with Crippen molar-refractivity contribution in [2.75, 3.05) is 18.4 Å². The van der Waals surface area contributed by atoms with Crippen LogP contribution in [0.4, 0.5) is 10.1 Å². The van der Waals surface area contributed by atoms with Crippen LogP contribution in [0.25, 0.3) is 0 Å². The summed E-state index contributed by atoms with van der Waals surface area (Å²) in [4.78, 5) is 22.7. The molecule has 0 saturated carbocycles. The molecule has 1 atom stereocenters. The second-order valence-electron chi connectivity index (χ2n) is 3.85. The Bertz CT molecular complexity index is 485. The van der Waals surface area contributed by atoms with Crippen LogP contribution in [0.5, 0.6) is 0 Å². The molecule has 1 aromatic carbocycles. The largest absolute Gasteiger partial charge is 0.353 e. The molecule has 0 aliphatic carbocycles. The van der Waals surface area contributed by atoms with Crippen molar-refractivity contribution in [2.45, 2.75) is 6.04 Å². The Hall–Kier alpha value is -1.47. The molecule has 5 nitrogen and oxygen atoms in total. The summed E-state index contributed by atoms with van der Waals surface area (Å²) in [6.07, 6.45) is 0. The van der Waals surface area contributed by atoms with Gasteiger partial charge in [0.2, 0.25) is 11.8 Å². The summed E-state index contributed by atoms with van der Waals surface area (Å²) in [6.45, 7) is 0.277. The van der Waals surface area contributed by atoms with Gasteiger partial charge in [-0.15, -0.1) is 0 Å². The average Bonchev–Trinajstić information content (AvgIpc) is 2.34. The average molecular weight is 316 g/mol. The van der Waals surface area contributed by atoms with Gasteiger partial charge < -0.3 is 10.6 Å². The van der Waals surface area contributed by atoms with Crippen molar-refractivity contribution in [3.63, 3.8) is 0 Å². The van der Waals surface area contributed by atoms with Gasteiger partial charge in [0, 0.05) is 11.0 Å². The first-order chi connectivity index (χ1) is 8.56. The molecule has 1 fully saturated rings. The van der Waals surface area contributed by atoms with Crippen LogP contribution >= 0.6 is 15.9 Å². The van der Waals surface area contributed by atoms with Crippen molar-refractivity contribution < 1.29 is 14.0 Å². The van der Waals surface area contributed by atoms with Crippen LogP contribution in [0.15, 0.2) is 22.7 Å². The van der Waals surface area contributed by atoms with Crippen LogP contribution in [0, 0.1) is 5.82 Å². The number of halogens is 2. The SMILES string of the molecule is O=C1CNC(C(=O)Nc2cc(Br)ccc2F)CN1. The van der Waals surface area contributed by atoms with Gasteiger partial charge in [-0.05, 0) is 18.2 Å². The molecule has 1 aromatic rings. The van der Waals surface area contributed by atoms with Crippen LogP contribution in [0.2, 0.25) is 0 Å². The number of hydrogen-bond acceptors (Lipinski definition) is 3. The highest BCUT2D eigenvalue weighted by Crippen LogP contribution is 2.20. The van der Waals surface area contributed by atoms with E-state index >= 15 is 0 Å². The van der Waals surface area contributed by atoms with Gasteiger partial charge in [0.05, 0.1) is 12.2 Å². The van der Waals surface area contributed by atoms with E-state index in [0.717, 1.165) is 0 Å². The van der Waals surface area contributed by atoms with Gasteiger partial charge in [0.1, 0.15) is 11.9 Å². The number of carbonyl (C=O) groups is 2. The number of nitrogens with one attached hydrogen (secondary N) is 3. The lowest BCUT2D eigenvalue weighted by Gasteiger charge is -2.23. The summed E-state index contributed by atoms with van der Waals surface area (Å²) < 4.78 is 14.1. The lowest BCUT2D eigenvalue weighted by molar-refractivity contribution is -0.124. The minimum Gasteiger partial charge on any atom is -0.353 e. The maximum atomic E-state index is 13.4. The van der Waals surface area contributed by atoms with E-state index < -0.39 is 11.9 Å². The number of benzene rings is 1. The molecule has 2 rings (SSSR count). The Morgan fingerprint density at radius 2 is 2.28 bits per heavy atom. The molecular formula is C11H11BrFN3O2. The molecular weight excluding hydrogens is 305 g/mol. The maximum Gasteiger partial charge on any atom is 0.243 e. The molecule has 1 aliphatic heterocycles. The van der Waals surface area contributed by atoms with E-state index in [4.69, 9.17) is 0 Å². The molecule has 7 heteroatoms. The van der Waals surface area contributed by atoms with Crippen LogP contribution in [0.1, 0.15) is 0 Å². The Kier molecular flexibility index (Phi) is 3.93. The highest BCUT2D eigenvalue weighted by atomic mass is 79.9. The topological polar surface area (TPSA) is 70.2 Å². The molecule has 1 heterocycles. The van der Waals surface area contributed by atoms with Crippen molar-refractivity contribution in [2.24, 2.45) is 0 Å². The minimum atomic E-state index is -0.555. The zero-order valence-electron chi connectivity index (χ0n) is 9.30. The first-order valence-corrected chi connectivity index (χ1v) is 6.11. The zero-order valence-corrected chi connectivity index (χ0v) is 10.9. The van der Waals surface area contributed by atoms with Crippen molar-refractivity contribution in [3.05, 3.63) is 28.5 Å². The van der Waals surface area contributed by atoms with E-state index in [1.807, 2.05) is 0 Å². The third-order valence-corrected chi connectivity index (χ3v) is 3.01. The van der Waals surface area contributed by atoms with E-state index in [1.165, 1.54) is 12.1 Å². The Morgan fingerprint density at radius 3 is 2.94 bits per heavy atom. The Balaban J connectivity index is 2.02. The van der Waals surface area contributed by atoms with E-state index in [-0.39, 0.29) is 30.6 Å². The lowest BCUT2D eigenvalue weighted by atomic mass is 10.2. The summed E-state index contributed by atoms with van der Waals surface area (Å²) in [5.74, 6) is -1.05. The van der Waals surface area contributed by atoms with Gasteiger partial charge in [0.25, 0.3) is 0 Å². The predicted octanol–water partition coefficient (Wildman–Crippen LogP) is 0.615. The molecule has 2 amide bonds. The lowest BCUT2D eigenvalue weighted by Crippen LogP contribution is -2.56. The Labute approximate surface area is 111 Å². The van der Waals surface area contributed by atoms with Gasteiger partial charge in [-0.3, -0.25) is 14.9 Å². The molecule has 1 aliphatic rings. The van der Waals surface area contributed by atoms with Crippen molar-refractivity contribution in [1.29, 1.82) is 0 Å². The third-order valence-electron chi connectivity index (χ3n) is 2.52. The monoisotopic (exact) mass is 315 g/mol. The smallest absolute Gasteiger partial charge is 0.243 e. The molecule has 0 aromatic heterocycles. The Morgan fingerprint density at radius 1 is 1.50 bits per heavy atom. The van der Waals surface area contributed by atoms with Crippen molar-refractivity contribution in [1.82, 2.24) is 10.6 Å². The van der Waals surface area contributed by atoms with Crippen LogP contribution in [0.3, 0.4) is 0 Å². The van der Waals surface area contributed by atoms with E-state index in [0.29, 0.717) is 4.47 Å². The summed E-state index contributed by atoms with van der Waals surface area (Å²) in [6, 6.07) is 3.73. The van der Waals surface area contributed by atoms with E-state index in [1.54, 1.807) is 6.07 Å². The molecule has 1 saturated heterocycles. The standard InChI is InChI=1S/C11H11BrFN3O2/c12-6-1-2-7(13)8(3-6)16-11(18)9-4-15-10(17)5-14-9/h1-3,9,14H,4-5H2,(H,15,17)(H,16,18). The second kappa shape index (κ2) is 5.45. The minimum absolute atomic E-state index is 0.0824. The van der Waals surface area contributed by atoms with Gasteiger partial charge in [-0.25, -0.2) is 4.39 Å². The quantitative estimate of drug-likeness (QED) is 0.749. The van der Waals surface area contributed by atoms with Gasteiger partial charge in [-0.1, -0.05) is 15.9 Å². The molecule has 3 N–H and O–H groups in total. The van der Waals surface area contributed by atoms with Gasteiger partial charge in [-0.2, -0.15) is 0 Å². The number of rotatable bonds is 2. The molecule has 18 heavy (non-hydrogen) atoms. The molecule has 0 spiro atoms. The first kappa shape index (κ1) is 13.0. The summed E-state index contributed by atoms with van der Waals surface area (Å²) in [7, 11) is 0. The van der Waals surface area contributed by atoms with Crippen molar-refractivity contribution >= 4 is 33.4 Å². The fourth-order valence-electron chi connectivity index (χ4n) is 1.56. The zero-order chi connectivity index (χ0) is 13.1. The van der Waals surface area contributed by atoms with Crippen LogP contribution in [-0.2, 0) is 9.59 Å². The first-order valence-electron chi connectivity index (χ1n) is 5.32. The number of hydrogen-bond donors (Lipinski definition) is 3. The fourth-order valence-corrected chi connectivity index (χ4v) is 1.93. The van der Waals surface area contributed by atoms with Gasteiger partial charge in [0.15, 0.2) is 0 Å². The third kappa shape index (κ3) is 3.05. The number of anilines is 1. The highest BCUT2D eigenvalue weighted by molar-refractivity contribution is 9.10. The number of carbonyl (C=O) groups excluding carboxylic acids is 2. The summed E-state index contributed by atoms with van der Waals surface area (Å²) in [5.41, 5.74) is 0.105. The molecule has 1 unspecified atom stereocenters. The summed E-state index contributed by atoms with van der Waals surface area (Å²) in [5, 5.41) is 7.80. The highest BCUT2D eigenvalue weighted by Gasteiger charge is 2.24. The normalized spacial score (nSPS) is 19.2. The number of piperazine rings is 1. The molecule has 96 valence electrons. The van der Waals surface area contributed by atoms with E-state index in [2.05, 4.69) is 31.9 Å². The molecule has 0 bridgehead atoms. The van der Waals surface area contributed by atoms with E-state index in [9.17, 15) is 14.0 Å². The van der Waals surface area contributed by atoms with Gasteiger partial charge >= 0.3 is 0 Å². The fraction of sp³-hybridized carbons (Fsp3) is 0.273. The maximum absolute atomic E-state index is 13.4. The van der Waals surface area contributed by atoms with Crippen LogP contribution in [-0.4, -0.2) is 30.9 Å². The van der Waals surface area contributed by atoms with Crippen LogP contribution < -0.4 is 16.0 Å². The number of amides is 2. The predicted molar refractivity (Wildman–Crippen MR) is 67.5 cm³/mol.